The van der Waals surface area contributed by atoms with Crippen LogP contribution in [0.15, 0.2) is 30.3 Å². The van der Waals surface area contributed by atoms with E-state index in [0.29, 0.717) is 13.1 Å². The Labute approximate surface area is 124 Å². The predicted molar refractivity (Wildman–Crippen MR) is 79.6 cm³/mol. The number of carboxylic acid groups (broad SMARTS) is 1. The Morgan fingerprint density at radius 3 is 2.67 bits per heavy atom. The van der Waals surface area contributed by atoms with Gasteiger partial charge in [0.25, 0.3) is 0 Å². The van der Waals surface area contributed by atoms with E-state index >= 15 is 0 Å². The highest BCUT2D eigenvalue weighted by Gasteiger charge is 2.32. The first-order chi connectivity index (χ1) is 10.2. The lowest BCUT2D eigenvalue weighted by atomic mass is 9.96. The molecular formula is C16H22N2O3. The zero-order valence-electron chi connectivity index (χ0n) is 12.0. The number of amides is 1. The van der Waals surface area contributed by atoms with Gasteiger partial charge in [-0.25, -0.2) is 0 Å². The minimum Gasteiger partial charge on any atom is -0.481 e. The Morgan fingerprint density at radius 2 is 1.95 bits per heavy atom. The van der Waals surface area contributed by atoms with Gasteiger partial charge in [0.05, 0.1) is 12.5 Å². The second-order valence-corrected chi connectivity index (χ2v) is 5.53. The van der Waals surface area contributed by atoms with Gasteiger partial charge in [-0.3, -0.25) is 9.59 Å². The molecule has 2 unspecified atom stereocenters. The van der Waals surface area contributed by atoms with Crippen molar-refractivity contribution in [3.8, 4) is 0 Å². The summed E-state index contributed by atoms with van der Waals surface area (Å²) in [6.45, 7) is 1.34. The first-order valence-corrected chi connectivity index (χ1v) is 7.41. The number of carbonyl (C=O) groups is 2. The largest absolute Gasteiger partial charge is 0.481 e. The average Bonchev–Trinajstić information content (AvgIpc) is 2.95. The van der Waals surface area contributed by atoms with Crippen molar-refractivity contribution < 1.29 is 14.7 Å². The normalized spacial score (nSPS) is 21.1. The molecule has 1 aliphatic carbocycles. The zero-order valence-corrected chi connectivity index (χ0v) is 12.0. The van der Waals surface area contributed by atoms with E-state index in [9.17, 15) is 9.59 Å². The molecule has 0 bridgehead atoms. The van der Waals surface area contributed by atoms with E-state index in [-0.39, 0.29) is 24.3 Å². The molecule has 1 saturated carbocycles. The van der Waals surface area contributed by atoms with E-state index in [1.54, 1.807) is 0 Å². The van der Waals surface area contributed by atoms with E-state index in [0.717, 1.165) is 24.8 Å². The summed E-state index contributed by atoms with van der Waals surface area (Å²) in [6, 6.07) is 9.73. The van der Waals surface area contributed by atoms with Gasteiger partial charge in [0.1, 0.15) is 0 Å². The highest BCUT2D eigenvalue weighted by atomic mass is 16.4. The molecule has 1 aromatic rings. The third-order valence-corrected chi connectivity index (χ3v) is 4.00. The molecular weight excluding hydrogens is 268 g/mol. The molecule has 5 heteroatoms. The number of nitrogens with one attached hydrogen (secondary N) is 2. The van der Waals surface area contributed by atoms with Gasteiger partial charge >= 0.3 is 5.97 Å². The van der Waals surface area contributed by atoms with Crippen LogP contribution in [0.5, 0.6) is 0 Å². The molecule has 0 saturated heterocycles. The maximum absolute atomic E-state index is 11.7. The molecule has 0 heterocycles. The van der Waals surface area contributed by atoms with E-state index in [4.69, 9.17) is 5.11 Å². The minimum atomic E-state index is -0.715. The Kier molecular flexibility index (Phi) is 5.75. The van der Waals surface area contributed by atoms with Crippen molar-refractivity contribution in [3.05, 3.63) is 35.9 Å². The van der Waals surface area contributed by atoms with Gasteiger partial charge in [-0.1, -0.05) is 36.8 Å². The molecule has 0 spiro atoms. The minimum absolute atomic E-state index is 0.0660. The number of hydrogen-bond donors (Lipinski definition) is 3. The summed E-state index contributed by atoms with van der Waals surface area (Å²) in [7, 11) is 0. The standard InChI is InChI=1S/C16H22N2O3/c19-15(18-9-12-5-2-1-3-6-12)11-17-10-13-7-4-8-14(13)16(20)21/h1-3,5-6,13-14,17H,4,7-11H2,(H,18,19)(H,20,21). The number of carbonyl (C=O) groups excluding carboxylic acids is 1. The molecule has 1 aromatic carbocycles. The first kappa shape index (κ1) is 15.5. The summed E-state index contributed by atoms with van der Waals surface area (Å²) in [4.78, 5) is 22.8. The predicted octanol–water partition coefficient (Wildman–Crippen LogP) is 1.39. The molecule has 1 amide bonds. The fraction of sp³-hybridized carbons (Fsp3) is 0.500. The number of aliphatic carboxylic acids is 1. The smallest absolute Gasteiger partial charge is 0.306 e. The number of carboxylic acids is 1. The molecule has 114 valence electrons. The second-order valence-electron chi connectivity index (χ2n) is 5.53. The van der Waals surface area contributed by atoms with Gasteiger partial charge in [0.15, 0.2) is 0 Å². The van der Waals surface area contributed by atoms with Crippen molar-refractivity contribution in [1.29, 1.82) is 0 Å². The van der Waals surface area contributed by atoms with Crippen LogP contribution in [0.1, 0.15) is 24.8 Å². The molecule has 21 heavy (non-hydrogen) atoms. The molecule has 0 aliphatic heterocycles. The van der Waals surface area contributed by atoms with Crippen LogP contribution in [0.3, 0.4) is 0 Å². The third kappa shape index (κ3) is 4.86. The number of rotatable bonds is 7. The fourth-order valence-corrected chi connectivity index (χ4v) is 2.84. The quantitative estimate of drug-likeness (QED) is 0.709. The fourth-order valence-electron chi connectivity index (χ4n) is 2.84. The second kappa shape index (κ2) is 7.78. The monoisotopic (exact) mass is 290 g/mol. The Morgan fingerprint density at radius 1 is 1.19 bits per heavy atom. The van der Waals surface area contributed by atoms with Gasteiger partial charge < -0.3 is 15.7 Å². The molecule has 0 radical (unpaired) electrons. The Bertz CT molecular complexity index is 476. The van der Waals surface area contributed by atoms with Crippen molar-refractivity contribution in [2.24, 2.45) is 11.8 Å². The van der Waals surface area contributed by atoms with Gasteiger partial charge in [0.2, 0.25) is 5.91 Å². The number of hydrogen-bond acceptors (Lipinski definition) is 3. The molecule has 2 rings (SSSR count). The third-order valence-electron chi connectivity index (χ3n) is 4.00. The lowest BCUT2D eigenvalue weighted by Gasteiger charge is -2.16. The SMILES string of the molecule is O=C(CNCC1CCCC1C(=O)O)NCc1ccccc1. The summed E-state index contributed by atoms with van der Waals surface area (Å²) in [5.41, 5.74) is 1.06. The van der Waals surface area contributed by atoms with Crippen LogP contribution in [-0.4, -0.2) is 30.1 Å². The van der Waals surface area contributed by atoms with Crippen molar-refractivity contribution in [3.63, 3.8) is 0 Å². The molecule has 1 fully saturated rings. The van der Waals surface area contributed by atoms with E-state index in [2.05, 4.69) is 10.6 Å². The Hall–Kier alpha value is -1.88. The van der Waals surface area contributed by atoms with E-state index in [1.165, 1.54) is 0 Å². The Balaban J connectivity index is 1.64. The lowest BCUT2D eigenvalue weighted by Crippen LogP contribution is -2.37. The first-order valence-electron chi connectivity index (χ1n) is 7.41. The van der Waals surface area contributed by atoms with Crippen LogP contribution in [-0.2, 0) is 16.1 Å². The maximum Gasteiger partial charge on any atom is 0.306 e. The molecule has 2 atom stereocenters. The van der Waals surface area contributed by atoms with Gasteiger partial charge in [-0.2, -0.15) is 0 Å². The van der Waals surface area contributed by atoms with Crippen LogP contribution >= 0.6 is 0 Å². The van der Waals surface area contributed by atoms with Crippen LogP contribution in [0.25, 0.3) is 0 Å². The van der Waals surface area contributed by atoms with Crippen molar-refractivity contribution in [2.75, 3.05) is 13.1 Å². The van der Waals surface area contributed by atoms with Crippen LogP contribution < -0.4 is 10.6 Å². The van der Waals surface area contributed by atoms with Gasteiger partial charge in [-0.05, 0) is 30.9 Å². The average molecular weight is 290 g/mol. The molecule has 5 nitrogen and oxygen atoms in total. The lowest BCUT2D eigenvalue weighted by molar-refractivity contribution is -0.142. The summed E-state index contributed by atoms with van der Waals surface area (Å²) in [5.74, 6) is -0.897. The highest BCUT2D eigenvalue weighted by molar-refractivity contribution is 5.78. The van der Waals surface area contributed by atoms with Gasteiger partial charge in [0, 0.05) is 6.54 Å². The van der Waals surface area contributed by atoms with Crippen molar-refractivity contribution >= 4 is 11.9 Å². The highest BCUT2D eigenvalue weighted by Crippen LogP contribution is 2.31. The summed E-state index contributed by atoms with van der Waals surface area (Å²) in [5, 5.41) is 15.0. The van der Waals surface area contributed by atoms with Gasteiger partial charge in [-0.15, -0.1) is 0 Å². The van der Waals surface area contributed by atoms with E-state index in [1.807, 2.05) is 30.3 Å². The van der Waals surface area contributed by atoms with Crippen molar-refractivity contribution in [1.82, 2.24) is 10.6 Å². The van der Waals surface area contributed by atoms with Crippen LogP contribution in [0.2, 0.25) is 0 Å². The van der Waals surface area contributed by atoms with Crippen LogP contribution in [0.4, 0.5) is 0 Å². The molecule has 0 aromatic heterocycles. The zero-order chi connectivity index (χ0) is 15.1. The molecule has 1 aliphatic rings. The van der Waals surface area contributed by atoms with Crippen molar-refractivity contribution in [2.45, 2.75) is 25.8 Å². The van der Waals surface area contributed by atoms with Crippen LogP contribution in [0, 0.1) is 11.8 Å². The molecule has 3 N–H and O–H groups in total. The van der Waals surface area contributed by atoms with E-state index < -0.39 is 5.97 Å². The summed E-state index contributed by atoms with van der Waals surface area (Å²) in [6.07, 6.45) is 2.64. The summed E-state index contributed by atoms with van der Waals surface area (Å²) < 4.78 is 0. The number of benzene rings is 1. The summed E-state index contributed by atoms with van der Waals surface area (Å²) >= 11 is 0. The topological polar surface area (TPSA) is 78.4 Å². The maximum atomic E-state index is 11.7.